The minimum Gasteiger partial charge on any atom is -0.481 e. The monoisotopic (exact) mass is 584 g/mol. The van der Waals surface area contributed by atoms with E-state index in [1.54, 1.807) is 12.1 Å². The number of aromatic nitrogens is 2. The fraction of sp³-hybridized carbons (Fsp3) is 0.517. The van der Waals surface area contributed by atoms with Crippen LogP contribution in [0.4, 0.5) is 4.79 Å². The molecule has 1 aromatic carbocycles. The Bertz CT molecular complexity index is 1250. The van der Waals surface area contributed by atoms with Crippen molar-refractivity contribution in [2.24, 2.45) is 0 Å². The normalized spacial score (nSPS) is 18.5. The second-order valence-corrected chi connectivity index (χ2v) is 10.3. The standard InChI is InChI=1S/C29H37N5O8/c1-2-3-16-41-29(39)34(14-12-30-13-15-34)28(38)22(9-10-25(35)36)32-27(37)23-18-24(42-21-11-17-40-19-21)33-26(31-23)20-7-5-4-6-8-20/h4-8,18,21-22,30H,2-3,9-17,19H2,1H3,(H-,32,35,36,37)/p+1/t21-,22+/m1/s1. The third-order valence-electron chi connectivity index (χ3n) is 7.23. The van der Waals surface area contributed by atoms with Gasteiger partial charge in [0.15, 0.2) is 5.82 Å². The summed E-state index contributed by atoms with van der Waals surface area (Å²) in [5.74, 6) is -2.07. The van der Waals surface area contributed by atoms with Crippen LogP contribution in [0.2, 0.25) is 0 Å². The van der Waals surface area contributed by atoms with Crippen molar-refractivity contribution in [2.75, 3.05) is 46.0 Å². The first-order valence-electron chi connectivity index (χ1n) is 14.3. The molecule has 3 amide bonds. The van der Waals surface area contributed by atoms with E-state index in [1.165, 1.54) is 6.07 Å². The molecule has 0 spiro atoms. The number of carbonyl (C=O) groups excluding carboxylic acids is 3. The summed E-state index contributed by atoms with van der Waals surface area (Å²) in [6.45, 7) is 4.07. The highest BCUT2D eigenvalue weighted by molar-refractivity contribution is 5.97. The summed E-state index contributed by atoms with van der Waals surface area (Å²) in [5, 5.41) is 15.2. The molecule has 0 unspecified atom stereocenters. The van der Waals surface area contributed by atoms with Gasteiger partial charge in [-0.25, -0.2) is 9.78 Å². The van der Waals surface area contributed by atoms with Gasteiger partial charge < -0.3 is 30.0 Å². The van der Waals surface area contributed by atoms with Gasteiger partial charge in [0, 0.05) is 37.6 Å². The largest absolute Gasteiger partial charge is 0.523 e. The lowest BCUT2D eigenvalue weighted by molar-refractivity contribution is -0.785. The predicted molar refractivity (Wildman–Crippen MR) is 150 cm³/mol. The first-order chi connectivity index (χ1) is 20.3. The number of piperazine rings is 1. The molecule has 0 aliphatic carbocycles. The van der Waals surface area contributed by atoms with Crippen LogP contribution in [-0.4, -0.2) is 102 Å². The van der Waals surface area contributed by atoms with Gasteiger partial charge in [-0.05, 0) is 12.8 Å². The highest BCUT2D eigenvalue weighted by Crippen LogP contribution is 2.23. The van der Waals surface area contributed by atoms with E-state index in [2.05, 4.69) is 20.6 Å². The quantitative estimate of drug-likeness (QED) is 0.247. The molecule has 2 aliphatic heterocycles. The van der Waals surface area contributed by atoms with Gasteiger partial charge >= 0.3 is 18.0 Å². The molecule has 226 valence electrons. The zero-order valence-electron chi connectivity index (χ0n) is 23.8. The van der Waals surface area contributed by atoms with Crippen LogP contribution in [0.1, 0.15) is 49.5 Å². The van der Waals surface area contributed by atoms with Crippen molar-refractivity contribution in [3.8, 4) is 17.3 Å². The van der Waals surface area contributed by atoms with Gasteiger partial charge in [-0.1, -0.05) is 43.7 Å². The molecular weight excluding hydrogens is 546 g/mol. The number of carbonyl (C=O) groups is 4. The number of carboxylic acids is 1. The van der Waals surface area contributed by atoms with Crippen molar-refractivity contribution in [3.63, 3.8) is 0 Å². The zero-order valence-corrected chi connectivity index (χ0v) is 23.8. The molecule has 3 N–H and O–H groups in total. The lowest BCUT2D eigenvalue weighted by Crippen LogP contribution is -2.69. The number of nitrogens with one attached hydrogen (secondary N) is 2. The fourth-order valence-corrected chi connectivity index (χ4v) is 4.85. The van der Waals surface area contributed by atoms with Crippen LogP contribution in [-0.2, 0) is 19.1 Å². The van der Waals surface area contributed by atoms with E-state index >= 15 is 0 Å². The molecule has 2 fully saturated rings. The van der Waals surface area contributed by atoms with E-state index in [1.807, 2.05) is 25.1 Å². The van der Waals surface area contributed by atoms with E-state index in [0.717, 1.165) is 6.42 Å². The van der Waals surface area contributed by atoms with Crippen molar-refractivity contribution < 1.29 is 43.0 Å². The molecule has 13 heteroatoms. The number of amides is 3. The summed E-state index contributed by atoms with van der Waals surface area (Å²) >= 11 is 0. The van der Waals surface area contributed by atoms with Crippen molar-refractivity contribution in [3.05, 3.63) is 42.1 Å². The summed E-state index contributed by atoms with van der Waals surface area (Å²) in [6.07, 6.45) is 0.577. The Labute approximate surface area is 244 Å². The van der Waals surface area contributed by atoms with Gasteiger partial charge in [0.25, 0.3) is 5.91 Å². The maximum atomic E-state index is 14.0. The second-order valence-electron chi connectivity index (χ2n) is 10.3. The number of benzene rings is 1. The number of hydrogen-bond donors (Lipinski definition) is 3. The molecule has 1 aromatic heterocycles. The van der Waals surface area contributed by atoms with E-state index < -0.39 is 40.8 Å². The molecule has 2 aromatic rings. The van der Waals surface area contributed by atoms with Gasteiger partial charge in [-0.3, -0.25) is 9.59 Å². The Hall–Kier alpha value is -3.94. The Morgan fingerprint density at radius 1 is 1.17 bits per heavy atom. The van der Waals surface area contributed by atoms with Crippen molar-refractivity contribution in [1.82, 2.24) is 20.6 Å². The van der Waals surface area contributed by atoms with Crippen LogP contribution in [0.5, 0.6) is 5.88 Å². The van der Waals surface area contributed by atoms with Crippen LogP contribution in [0.15, 0.2) is 36.4 Å². The number of quaternary nitrogens is 1. The topological polar surface area (TPSA) is 166 Å². The Morgan fingerprint density at radius 3 is 2.60 bits per heavy atom. The Balaban J connectivity index is 1.63. The molecular formula is C29H38N5O8+. The molecule has 0 saturated carbocycles. The molecule has 13 nitrogen and oxygen atoms in total. The molecule has 42 heavy (non-hydrogen) atoms. The summed E-state index contributed by atoms with van der Waals surface area (Å²) in [4.78, 5) is 61.3. The summed E-state index contributed by atoms with van der Waals surface area (Å²) in [6, 6.07) is 9.15. The van der Waals surface area contributed by atoms with Gasteiger partial charge in [0.05, 0.1) is 19.8 Å². The number of rotatable bonds is 12. The van der Waals surface area contributed by atoms with Gasteiger partial charge in [-0.2, -0.15) is 14.3 Å². The number of carboxylic acid groups (broad SMARTS) is 1. The maximum Gasteiger partial charge on any atom is 0.523 e. The van der Waals surface area contributed by atoms with Crippen LogP contribution < -0.4 is 15.4 Å². The first-order valence-corrected chi connectivity index (χ1v) is 14.3. The average molecular weight is 585 g/mol. The van der Waals surface area contributed by atoms with E-state index in [9.17, 15) is 24.3 Å². The van der Waals surface area contributed by atoms with Crippen molar-refractivity contribution in [1.29, 1.82) is 0 Å². The number of nitrogens with zero attached hydrogens (tertiary/aromatic N) is 3. The minimum atomic E-state index is -1.28. The molecule has 0 bridgehead atoms. The van der Waals surface area contributed by atoms with Crippen LogP contribution in [0, 0.1) is 0 Å². The highest BCUT2D eigenvalue weighted by Gasteiger charge is 2.51. The predicted octanol–water partition coefficient (Wildman–Crippen LogP) is 2.16. The highest BCUT2D eigenvalue weighted by atomic mass is 16.6. The first kappa shape index (κ1) is 31.0. The molecule has 3 heterocycles. The third-order valence-corrected chi connectivity index (χ3v) is 7.23. The molecule has 2 aliphatic rings. The fourth-order valence-electron chi connectivity index (χ4n) is 4.85. The van der Waals surface area contributed by atoms with Crippen LogP contribution in [0.25, 0.3) is 11.4 Å². The van der Waals surface area contributed by atoms with E-state index in [4.69, 9.17) is 14.2 Å². The molecule has 2 saturated heterocycles. The van der Waals surface area contributed by atoms with Crippen molar-refractivity contribution in [2.45, 2.75) is 51.2 Å². The summed E-state index contributed by atoms with van der Waals surface area (Å²) < 4.78 is 16.2. The van der Waals surface area contributed by atoms with Gasteiger partial charge in [-0.15, -0.1) is 0 Å². The summed E-state index contributed by atoms with van der Waals surface area (Å²) in [7, 11) is 0. The minimum absolute atomic E-state index is 0.0664. The Morgan fingerprint density at radius 2 is 1.93 bits per heavy atom. The number of hydrogen-bond acceptors (Lipinski definition) is 10. The lowest BCUT2D eigenvalue weighted by Gasteiger charge is -2.37. The smallest absolute Gasteiger partial charge is 0.481 e. The molecule has 0 radical (unpaired) electrons. The zero-order chi connectivity index (χ0) is 30.0. The molecule has 2 atom stereocenters. The number of aliphatic carboxylic acids is 1. The maximum absolute atomic E-state index is 14.0. The Kier molecular flexibility index (Phi) is 10.9. The third kappa shape index (κ3) is 7.87. The lowest BCUT2D eigenvalue weighted by atomic mass is 10.1. The van der Waals surface area contributed by atoms with E-state index in [0.29, 0.717) is 44.7 Å². The molecule has 4 rings (SSSR count). The number of imide groups is 1. The van der Waals surface area contributed by atoms with Crippen LogP contribution >= 0.6 is 0 Å². The SMILES string of the molecule is CCCCOC(=O)[N+]1(C(=O)[C@H](CCC(=O)O)NC(=O)c2cc(O[C@@H]3CCOC3)nc(-c3ccccc3)n2)CCNCC1. The average Bonchev–Trinajstić information content (AvgIpc) is 3.52. The van der Waals surface area contributed by atoms with E-state index in [-0.39, 0.29) is 49.6 Å². The van der Waals surface area contributed by atoms with Gasteiger partial charge in [0.2, 0.25) is 5.88 Å². The van der Waals surface area contributed by atoms with Crippen molar-refractivity contribution >= 4 is 23.9 Å². The van der Waals surface area contributed by atoms with Gasteiger partial charge in [0.1, 0.15) is 30.9 Å². The van der Waals surface area contributed by atoms with Crippen LogP contribution in [0.3, 0.4) is 0 Å². The number of ether oxygens (including phenoxy) is 3. The number of unbranched alkanes of at least 4 members (excludes halogenated alkanes) is 1. The summed E-state index contributed by atoms with van der Waals surface area (Å²) in [5.41, 5.74) is 0.585. The second kappa shape index (κ2) is 14.8.